The second-order valence-corrected chi connectivity index (χ2v) is 7.43. The molecule has 122 valence electrons. The summed E-state index contributed by atoms with van der Waals surface area (Å²) in [5, 5.41) is 14.8. The average Bonchev–Trinajstić information content (AvgIpc) is 3.18. The van der Waals surface area contributed by atoms with Gasteiger partial charge in [0.15, 0.2) is 0 Å². The van der Waals surface area contributed by atoms with Crippen LogP contribution < -0.4 is 0 Å². The zero-order valence-electron chi connectivity index (χ0n) is 13.9. The van der Waals surface area contributed by atoms with Crippen molar-refractivity contribution in [1.29, 1.82) is 5.26 Å². The van der Waals surface area contributed by atoms with Crippen molar-refractivity contribution in [3.63, 3.8) is 0 Å². The molecule has 0 spiro atoms. The number of hydrogen-bond donors (Lipinski definition) is 1. The van der Waals surface area contributed by atoms with E-state index < -0.39 is 0 Å². The summed E-state index contributed by atoms with van der Waals surface area (Å²) in [5.41, 5.74) is 3.04. The zero-order chi connectivity index (χ0) is 16.7. The first-order chi connectivity index (χ1) is 11.6. The first kappa shape index (κ1) is 14.9. The molecule has 1 fully saturated rings. The van der Waals surface area contributed by atoms with Gasteiger partial charge < -0.3 is 4.98 Å². The van der Waals surface area contributed by atoms with Gasteiger partial charge in [-0.2, -0.15) is 10.4 Å². The number of aromatic nitrogens is 5. The normalized spacial score (nSPS) is 18.2. The molecule has 1 unspecified atom stereocenters. The Hall–Kier alpha value is -2.68. The van der Waals surface area contributed by atoms with Crippen LogP contribution in [0.5, 0.6) is 0 Å². The van der Waals surface area contributed by atoms with Gasteiger partial charge in [-0.25, -0.2) is 9.97 Å². The number of aromatic amines is 1. The fraction of sp³-hybridized carbons (Fsp3) is 0.444. The maximum atomic E-state index is 9.22. The Balaban J connectivity index is 1.66. The van der Waals surface area contributed by atoms with E-state index in [1.54, 1.807) is 6.33 Å². The van der Waals surface area contributed by atoms with Crippen LogP contribution in [0.2, 0.25) is 0 Å². The number of hydrogen-bond acceptors (Lipinski definition) is 4. The summed E-state index contributed by atoms with van der Waals surface area (Å²) in [7, 11) is 0. The highest BCUT2D eigenvalue weighted by molar-refractivity contribution is 5.89. The average molecular weight is 320 g/mol. The fourth-order valence-corrected chi connectivity index (χ4v) is 3.95. The summed E-state index contributed by atoms with van der Waals surface area (Å²) in [6.07, 6.45) is 10.1. The smallest absolute Gasteiger partial charge is 0.141 e. The van der Waals surface area contributed by atoms with Crippen LogP contribution in [-0.2, 0) is 0 Å². The van der Waals surface area contributed by atoms with Gasteiger partial charge in [-0.15, -0.1) is 0 Å². The summed E-state index contributed by atoms with van der Waals surface area (Å²) in [6, 6.07) is 4.44. The molecule has 0 aliphatic heterocycles. The molecule has 1 saturated carbocycles. The van der Waals surface area contributed by atoms with Gasteiger partial charge in [0, 0.05) is 23.3 Å². The van der Waals surface area contributed by atoms with Gasteiger partial charge in [0.2, 0.25) is 0 Å². The van der Waals surface area contributed by atoms with Crippen LogP contribution in [0.4, 0.5) is 0 Å². The molecule has 3 aromatic heterocycles. The largest absolute Gasteiger partial charge is 0.346 e. The highest BCUT2D eigenvalue weighted by Crippen LogP contribution is 2.50. The molecular formula is C18H20N6. The number of fused-ring (bicyclic) bond motifs is 1. The molecule has 0 radical (unpaired) electrons. The van der Waals surface area contributed by atoms with Gasteiger partial charge in [0.25, 0.3) is 0 Å². The predicted molar refractivity (Wildman–Crippen MR) is 90.9 cm³/mol. The Morgan fingerprint density at radius 2 is 2.25 bits per heavy atom. The van der Waals surface area contributed by atoms with Gasteiger partial charge in [0.1, 0.15) is 12.0 Å². The number of nitrogens with zero attached hydrogens (tertiary/aromatic N) is 5. The van der Waals surface area contributed by atoms with Crippen LogP contribution in [0.25, 0.3) is 22.3 Å². The van der Waals surface area contributed by atoms with E-state index >= 15 is 0 Å². The van der Waals surface area contributed by atoms with Crippen molar-refractivity contribution in [2.45, 2.75) is 39.2 Å². The summed E-state index contributed by atoms with van der Waals surface area (Å²) < 4.78 is 1.96. The Morgan fingerprint density at radius 1 is 1.42 bits per heavy atom. The minimum Gasteiger partial charge on any atom is -0.346 e. The second-order valence-electron chi connectivity index (χ2n) is 7.43. The molecule has 3 heterocycles. The second kappa shape index (κ2) is 5.45. The Labute approximate surface area is 140 Å². The number of nitrogens with one attached hydrogen (secondary N) is 1. The van der Waals surface area contributed by atoms with Crippen molar-refractivity contribution >= 4 is 11.0 Å². The molecule has 4 rings (SSSR count). The van der Waals surface area contributed by atoms with Gasteiger partial charge in [-0.1, -0.05) is 13.8 Å². The van der Waals surface area contributed by atoms with Gasteiger partial charge >= 0.3 is 0 Å². The first-order valence-corrected chi connectivity index (χ1v) is 8.27. The molecule has 6 nitrogen and oxygen atoms in total. The maximum absolute atomic E-state index is 9.22. The van der Waals surface area contributed by atoms with E-state index in [2.05, 4.69) is 40.0 Å². The lowest BCUT2D eigenvalue weighted by Gasteiger charge is -2.46. The number of rotatable bonds is 4. The Morgan fingerprint density at radius 3 is 3.00 bits per heavy atom. The molecule has 1 N–H and O–H groups in total. The van der Waals surface area contributed by atoms with E-state index in [-0.39, 0.29) is 6.04 Å². The highest BCUT2D eigenvalue weighted by atomic mass is 15.3. The minimum atomic E-state index is 0.139. The van der Waals surface area contributed by atoms with E-state index in [0.29, 0.717) is 17.8 Å². The van der Waals surface area contributed by atoms with Crippen LogP contribution in [0.15, 0.2) is 31.0 Å². The predicted octanol–water partition coefficient (Wildman–Crippen LogP) is 3.71. The molecule has 24 heavy (non-hydrogen) atoms. The van der Waals surface area contributed by atoms with Crippen molar-refractivity contribution in [2.75, 3.05) is 0 Å². The molecule has 1 aliphatic carbocycles. The van der Waals surface area contributed by atoms with Gasteiger partial charge in [-0.3, -0.25) is 4.68 Å². The lowest BCUT2D eigenvalue weighted by Crippen LogP contribution is -2.37. The van der Waals surface area contributed by atoms with Crippen molar-refractivity contribution in [2.24, 2.45) is 11.3 Å². The summed E-state index contributed by atoms with van der Waals surface area (Å²) in [5.74, 6) is 0.519. The zero-order valence-corrected chi connectivity index (χ0v) is 13.9. The molecule has 3 aromatic rings. The molecule has 0 amide bonds. The van der Waals surface area contributed by atoms with Crippen molar-refractivity contribution in [1.82, 2.24) is 24.7 Å². The maximum Gasteiger partial charge on any atom is 0.141 e. The molecule has 0 saturated heterocycles. The SMILES string of the molecule is CC1(C)CC(C(CC#N)n2cc(-c3ncnc4[nH]ccc34)cn2)C1. The third-order valence-corrected chi connectivity index (χ3v) is 5.04. The quantitative estimate of drug-likeness (QED) is 0.794. The van der Waals surface area contributed by atoms with Crippen molar-refractivity contribution < 1.29 is 0 Å². The van der Waals surface area contributed by atoms with E-state index in [1.807, 2.05) is 29.3 Å². The minimum absolute atomic E-state index is 0.139. The van der Waals surface area contributed by atoms with Crippen LogP contribution in [-0.4, -0.2) is 24.7 Å². The molecule has 1 aliphatic rings. The molecule has 6 heteroatoms. The van der Waals surface area contributed by atoms with Crippen LogP contribution in [0, 0.1) is 22.7 Å². The molecule has 0 aromatic carbocycles. The van der Waals surface area contributed by atoms with E-state index in [4.69, 9.17) is 0 Å². The van der Waals surface area contributed by atoms with Crippen LogP contribution in [0.3, 0.4) is 0 Å². The summed E-state index contributed by atoms with van der Waals surface area (Å²) in [6.45, 7) is 4.57. The number of nitriles is 1. The van der Waals surface area contributed by atoms with E-state index in [9.17, 15) is 5.26 Å². The Kier molecular flexibility index (Phi) is 3.38. The lowest BCUT2D eigenvalue weighted by molar-refractivity contribution is 0.0503. The highest BCUT2D eigenvalue weighted by Gasteiger charge is 2.41. The summed E-state index contributed by atoms with van der Waals surface area (Å²) in [4.78, 5) is 11.8. The molecular weight excluding hydrogens is 300 g/mol. The summed E-state index contributed by atoms with van der Waals surface area (Å²) >= 11 is 0. The van der Waals surface area contributed by atoms with Gasteiger partial charge in [-0.05, 0) is 30.2 Å². The fourth-order valence-electron chi connectivity index (χ4n) is 3.95. The number of H-pyrrole nitrogens is 1. The van der Waals surface area contributed by atoms with E-state index in [0.717, 1.165) is 35.1 Å². The topological polar surface area (TPSA) is 83.2 Å². The standard InChI is InChI=1S/C18H20N6/c1-18(2)7-12(8-18)15(3-5-19)24-10-13(9-23-24)16-14-4-6-20-17(14)22-11-21-16/h4,6,9-12,15H,3,7-8H2,1-2H3,(H,20,21,22). The van der Waals surface area contributed by atoms with E-state index in [1.165, 1.54) is 0 Å². The Bertz CT molecular complexity index is 905. The molecule has 0 bridgehead atoms. The third kappa shape index (κ3) is 2.46. The molecule has 1 atom stereocenters. The third-order valence-electron chi connectivity index (χ3n) is 5.04. The van der Waals surface area contributed by atoms with Crippen molar-refractivity contribution in [3.05, 3.63) is 31.0 Å². The first-order valence-electron chi connectivity index (χ1n) is 8.27. The van der Waals surface area contributed by atoms with Crippen molar-refractivity contribution in [3.8, 4) is 17.3 Å². The monoisotopic (exact) mass is 320 g/mol. The van der Waals surface area contributed by atoms with Gasteiger partial charge in [0.05, 0.1) is 30.4 Å². The van der Waals surface area contributed by atoms with Crippen LogP contribution >= 0.6 is 0 Å². The van der Waals surface area contributed by atoms with Crippen LogP contribution in [0.1, 0.15) is 39.2 Å². The lowest BCUT2D eigenvalue weighted by atomic mass is 9.61.